The molecule has 42 heavy (non-hydrogen) atoms. The fourth-order valence-corrected chi connectivity index (χ4v) is 5.51. The van der Waals surface area contributed by atoms with Crippen molar-refractivity contribution in [3.8, 4) is 11.4 Å². The molecule has 2 aliphatic heterocycles. The Kier molecular flexibility index (Phi) is 6.01. The van der Waals surface area contributed by atoms with E-state index in [1.165, 1.54) is 6.07 Å². The molecule has 0 radical (unpaired) electrons. The second-order valence-corrected chi connectivity index (χ2v) is 9.94. The van der Waals surface area contributed by atoms with Crippen LogP contribution in [-0.2, 0) is 0 Å². The van der Waals surface area contributed by atoms with Crippen LogP contribution in [0.25, 0.3) is 5.69 Å². The van der Waals surface area contributed by atoms with Gasteiger partial charge < -0.3 is 15.0 Å². The van der Waals surface area contributed by atoms with Gasteiger partial charge in [-0.25, -0.2) is 14.7 Å². The minimum atomic E-state index is -0.469. The Labute approximate surface area is 241 Å². The van der Waals surface area contributed by atoms with Gasteiger partial charge in [-0.05, 0) is 48.9 Å². The Morgan fingerprint density at radius 3 is 2.50 bits per heavy atom. The summed E-state index contributed by atoms with van der Waals surface area (Å²) in [5.41, 5.74) is 5.60. The van der Waals surface area contributed by atoms with Crippen LogP contribution >= 0.6 is 0 Å². The molecule has 3 heterocycles. The van der Waals surface area contributed by atoms with E-state index in [2.05, 4.69) is 10.2 Å². The minimum absolute atomic E-state index is 0.0138. The van der Waals surface area contributed by atoms with Crippen molar-refractivity contribution in [1.82, 2.24) is 9.78 Å². The number of nitro groups is 1. The molecule has 7 rings (SSSR count). The van der Waals surface area contributed by atoms with Gasteiger partial charge in [0.05, 0.1) is 40.8 Å². The van der Waals surface area contributed by atoms with E-state index in [0.29, 0.717) is 23.2 Å². The third-order valence-electron chi connectivity index (χ3n) is 7.37. The number of benzene rings is 4. The zero-order valence-electron chi connectivity index (χ0n) is 22.8. The van der Waals surface area contributed by atoms with Crippen molar-refractivity contribution in [1.29, 1.82) is 0 Å². The van der Waals surface area contributed by atoms with E-state index in [9.17, 15) is 10.1 Å². The molecule has 1 atom stereocenters. The first-order valence-corrected chi connectivity index (χ1v) is 13.4. The summed E-state index contributed by atoms with van der Waals surface area (Å²) in [6, 6.07) is 31.5. The molecule has 0 fully saturated rings. The predicted octanol–water partition coefficient (Wildman–Crippen LogP) is 6.89. The highest BCUT2D eigenvalue weighted by molar-refractivity contribution is 6.51. The fraction of sp³-hybridized carbons (Fsp3) is 0.0938. The molecule has 0 saturated heterocycles. The van der Waals surface area contributed by atoms with Crippen molar-refractivity contribution < 1.29 is 9.66 Å². The summed E-state index contributed by atoms with van der Waals surface area (Å²) in [6.07, 6.45) is 0. The highest BCUT2D eigenvalue weighted by Gasteiger charge is 2.41. The van der Waals surface area contributed by atoms with Crippen molar-refractivity contribution in [2.24, 2.45) is 9.98 Å². The first-order chi connectivity index (χ1) is 20.5. The minimum Gasteiger partial charge on any atom is -0.497 e. The first-order valence-electron chi connectivity index (χ1n) is 13.4. The maximum atomic E-state index is 11.8. The summed E-state index contributed by atoms with van der Waals surface area (Å²) in [4.78, 5) is 23.8. The molecule has 4 aromatic carbocycles. The van der Waals surface area contributed by atoms with Crippen LogP contribution in [0.5, 0.6) is 5.75 Å². The number of aromatic nitrogens is 2. The molecular weight excluding hydrogens is 530 g/mol. The largest absolute Gasteiger partial charge is 0.497 e. The zero-order valence-corrected chi connectivity index (χ0v) is 22.8. The summed E-state index contributed by atoms with van der Waals surface area (Å²) in [5.74, 6) is 2.44. The lowest BCUT2D eigenvalue weighted by Gasteiger charge is -2.40. The molecule has 0 saturated carbocycles. The van der Waals surface area contributed by atoms with Crippen molar-refractivity contribution in [2.45, 2.75) is 13.0 Å². The van der Waals surface area contributed by atoms with Crippen molar-refractivity contribution in [3.63, 3.8) is 0 Å². The number of aryl methyl sites for hydroxylation is 1. The van der Waals surface area contributed by atoms with E-state index in [1.807, 2.05) is 96.5 Å². The molecule has 206 valence electrons. The number of para-hydroxylation sites is 3. The van der Waals surface area contributed by atoms with Crippen molar-refractivity contribution in [3.05, 3.63) is 130 Å². The van der Waals surface area contributed by atoms with E-state index < -0.39 is 6.04 Å². The number of hydrogen-bond donors (Lipinski definition) is 1. The number of amidine groups is 2. The molecule has 1 N–H and O–H groups in total. The number of non-ortho nitro benzene ring substituents is 1. The molecule has 0 spiro atoms. The summed E-state index contributed by atoms with van der Waals surface area (Å²) >= 11 is 0. The first kappa shape index (κ1) is 25.2. The van der Waals surface area contributed by atoms with Gasteiger partial charge in [0, 0.05) is 29.4 Å². The van der Waals surface area contributed by atoms with Crippen LogP contribution in [0.3, 0.4) is 0 Å². The van der Waals surface area contributed by atoms with Crippen LogP contribution in [0.2, 0.25) is 0 Å². The lowest BCUT2D eigenvalue weighted by Crippen LogP contribution is -2.46. The van der Waals surface area contributed by atoms with Crippen LogP contribution in [0.1, 0.15) is 22.9 Å². The fourth-order valence-electron chi connectivity index (χ4n) is 5.51. The molecule has 1 aromatic heterocycles. The molecule has 2 aliphatic rings. The average Bonchev–Trinajstić information content (AvgIpc) is 3.36. The maximum absolute atomic E-state index is 11.8. The van der Waals surface area contributed by atoms with Crippen LogP contribution in [0.15, 0.2) is 113 Å². The van der Waals surface area contributed by atoms with Gasteiger partial charge in [0.1, 0.15) is 5.75 Å². The number of hydrogen-bond acceptors (Lipinski definition) is 8. The molecule has 10 heteroatoms. The number of nitrogens with one attached hydrogen (secondary N) is 1. The third kappa shape index (κ3) is 4.17. The lowest BCUT2D eigenvalue weighted by atomic mass is 9.93. The Balaban J connectivity index is 1.49. The number of aliphatic imine (C=N–C) groups is 2. The molecular formula is C32H25N7O3. The number of fused-ring (bicyclic) bond motifs is 4. The Morgan fingerprint density at radius 1 is 0.905 bits per heavy atom. The number of anilines is 2. The number of ether oxygens (including phenoxy) is 1. The van der Waals surface area contributed by atoms with Crippen LogP contribution in [0.4, 0.5) is 28.6 Å². The molecule has 10 nitrogen and oxygen atoms in total. The van der Waals surface area contributed by atoms with Crippen molar-refractivity contribution >= 4 is 40.2 Å². The number of nitro benzene ring substituents is 1. The van der Waals surface area contributed by atoms with Gasteiger partial charge in [0.25, 0.3) is 5.69 Å². The van der Waals surface area contributed by atoms with Gasteiger partial charge in [-0.3, -0.25) is 10.1 Å². The lowest BCUT2D eigenvalue weighted by molar-refractivity contribution is -0.384. The zero-order chi connectivity index (χ0) is 28.8. The van der Waals surface area contributed by atoms with Crippen LogP contribution < -0.4 is 15.0 Å². The third-order valence-corrected chi connectivity index (χ3v) is 7.37. The van der Waals surface area contributed by atoms with E-state index in [0.717, 1.165) is 39.6 Å². The van der Waals surface area contributed by atoms with Gasteiger partial charge >= 0.3 is 0 Å². The Hall–Kier alpha value is -5.77. The van der Waals surface area contributed by atoms with Gasteiger partial charge in [-0.1, -0.05) is 48.5 Å². The SMILES string of the molecule is COc1cccc(NC2=Nc3ccccc3N3C2=Nc2c(c(C)nn2-c2ccccc2)[C@H]3c2cccc([N+](=O)[O-])c2)c1. The second kappa shape index (κ2) is 10.0. The van der Waals surface area contributed by atoms with Crippen LogP contribution in [0, 0.1) is 17.0 Å². The number of rotatable bonds is 5. The second-order valence-electron chi connectivity index (χ2n) is 9.94. The topological polar surface area (TPSA) is 110 Å². The quantitative estimate of drug-likeness (QED) is 0.187. The molecule has 0 bridgehead atoms. The molecule has 5 aromatic rings. The Bertz CT molecular complexity index is 1910. The van der Waals surface area contributed by atoms with E-state index in [-0.39, 0.29) is 10.6 Å². The smallest absolute Gasteiger partial charge is 0.269 e. The monoisotopic (exact) mass is 555 g/mol. The normalized spacial score (nSPS) is 15.1. The summed E-state index contributed by atoms with van der Waals surface area (Å²) in [5, 5.41) is 20.2. The average molecular weight is 556 g/mol. The molecule has 0 amide bonds. The van der Waals surface area contributed by atoms with Crippen LogP contribution in [-0.4, -0.2) is 33.5 Å². The predicted molar refractivity (Wildman–Crippen MR) is 163 cm³/mol. The van der Waals surface area contributed by atoms with E-state index in [4.69, 9.17) is 19.8 Å². The molecule has 0 unspecified atom stereocenters. The van der Waals surface area contributed by atoms with E-state index in [1.54, 1.807) is 19.2 Å². The van der Waals surface area contributed by atoms with Gasteiger partial charge in [-0.2, -0.15) is 5.10 Å². The number of methoxy groups -OCH3 is 1. The summed E-state index contributed by atoms with van der Waals surface area (Å²) in [6.45, 7) is 1.95. The molecule has 0 aliphatic carbocycles. The Morgan fingerprint density at radius 2 is 1.69 bits per heavy atom. The van der Waals surface area contributed by atoms with Gasteiger partial charge in [0.2, 0.25) is 0 Å². The highest BCUT2D eigenvalue weighted by Crippen LogP contribution is 2.48. The van der Waals surface area contributed by atoms with Gasteiger partial charge in [-0.15, -0.1) is 0 Å². The summed E-state index contributed by atoms with van der Waals surface area (Å²) < 4.78 is 7.26. The number of nitrogens with zero attached hydrogens (tertiary/aromatic N) is 6. The summed E-state index contributed by atoms with van der Waals surface area (Å²) in [7, 11) is 1.62. The maximum Gasteiger partial charge on any atom is 0.269 e. The van der Waals surface area contributed by atoms with Gasteiger partial charge in [0.15, 0.2) is 17.5 Å². The van der Waals surface area contributed by atoms with E-state index >= 15 is 0 Å². The standard InChI is InChI=1S/C32H25N7O3/c1-20-28-29(21-10-8-14-24(18-21)39(40)41)37-27-17-7-6-16-26(27)34-30(33-22-11-9-15-25(19-22)42-2)32(37)35-31(28)38(36-20)23-12-4-3-5-13-23/h3-19,29H,1-2H3,(H,33,34)/t29-/m1/s1. The highest BCUT2D eigenvalue weighted by atomic mass is 16.6. The van der Waals surface area contributed by atoms with Crippen molar-refractivity contribution in [2.75, 3.05) is 17.3 Å².